The number of aryl methyl sites for hydroxylation is 2. The van der Waals surface area contributed by atoms with Crippen molar-refractivity contribution in [2.24, 2.45) is 5.92 Å². The Balaban J connectivity index is 1.39. The number of benzene rings is 1. The molecule has 0 aliphatic carbocycles. The molecule has 48 heavy (non-hydrogen) atoms. The lowest BCUT2D eigenvalue weighted by Gasteiger charge is -2.38. The molecular weight excluding hydrogens is 618 g/mol. The van der Waals surface area contributed by atoms with Gasteiger partial charge in [0.05, 0.1) is 19.2 Å². The van der Waals surface area contributed by atoms with Crippen molar-refractivity contribution < 1.29 is 28.7 Å². The van der Waals surface area contributed by atoms with Gasteiger partial charge in [0.25, 0.3) is 11.7 Å². The molecule has 4 atom stereocenters. The molecule has 15 heteroatoms. The summed E-state index contributed by atoms with van der Waals surface area (Å²) in [5.74, 6) is -1.96. The number of nitrogens with zero attached hydrogens (tertiary/aromatic N) is 6. The number of ether oxygens (including phenoxy) is 1. The quantitative estimate of drug-likeness (QED) is 0.321. The third-order valence-corrected chi connectivity index (χ3v) is 8.81. The summed E-state index contributed by atoms with van der Waals surface area (Å²) < 4.78 is 7.79. The Bertz CT molecular complexity index is 1680. The molecule has 15 nitrogen and oxygen atoms in total. The first-order valence-electron chi connectivity index (χ1n) is 16.2. The second-order valence-corrected chi connectivity index (χ2v) is 12.8. The topological polar surface area (TPSA) is 180 Å². The molecule has 5 rings (SSSR count). The van der Waals surface area contributed by atoms with Crippen LogP contribution in [0.3, 0.4) is 0 Å². The van der Waals surface area contributed by atoms with E-state index in [2.05, 4.69) is 31.0 Å². The van der Waals surface area contributed by atoms with Crippen molar-refractivity contribution in [2.45, 2.75) is 71.2 Å². The Morgan fingerprint density at radius 1 is 1.04 bits per heavy atom. The molecule has 0 unspecified atom stereocenters. The number of hydrogen-bond acceptors (Lipinski definition) is 9. The van der Waals surface area contributed by atoms with Crippen molar-refractivity contribution in [1.82, 2.24) is 45.3 Å². The number of nitrogens with one attached hydrogen (secondary N) is 3. The minimum Gasteiger partial charge on any atom is -0.360 e. The molecule has 1 aromatic carbocycles. The Morgan fingerprint density at radius 3 is 2.52 bits per heavy atom. The van der Waals surface area contributed by atoms with Gasteiger partial charge in [-0.1, -0.05) is 44.2 Å². The zero-order chi connectivity index (χ0) is 34.5. The fourth-order valence-electron chi connectivity index (χ4n) is 6.16. The van der Waals surface area contributed by atoms with Crippen LogP contribution < -0.4 is 16.0 Å². The van der Waals surface area contributed by atoms with Gasteiger partial charge in [0.2, 0.25) is 23.6 Å². The standard InChI is InChI=1S/C33H43N9O6/c1-19(2)29-31(46)34-14-23-15-41(28(44)12-11-24-20(3)37-33-35-18-36-42(33)21(24)4)16-26(48-23)30(45)38-25(13-22-9-7-6-8-10-22)32(47)40(5)17-27(43)39-29/h6-10,18-19,23,25-26,29H,11-17H2,1-5H3,(H,34,46)(H,38,45)(H,39,43)/t23-,25+,26+,29-/m0/s1. The van der Waals surface area contributed by atoms with Gasteiger partial charge < -0.3 is 30.5 Å². The molecule has 2 aliphatic rings. The van der Waals surface area contributed by atoms with E-state index in [0.29, 0.717) is 12.2 Å². The summed E-state index contributed by atoms with van der Waals surface area (Å²) in [5.41, 5.74) is 3.28. The Hall–Kier alpha value is -4.92. The number of amides is 5. The molecule has 4 heterocycles. The van der Waals surface area contributed by atoms with E-state index >= 15 is 0 Å². The fraction of sp³-hybridized carbons (Fsp3) is 0.515. The van der Waals surface area contributed by atoms with Crippen molar-refractivity contribution in [3.63, 3.8) is 0 Å². The average molecular weight is 662 g/mol. The molecule has 2 aliphatic heterocycles. The number of carbonyl (C=O) groups excluding carboxylic acids is 5. The molecule has 2 aromatic heterocycles. The van der Waals surface area contributed by atoms with E-state index in [-0.39, 0.29) is 50.8 Å². The molecule has 3 N–H and O–H groups in total. The summed E-state index contributed by atoms with van der Waals surface area (Å²) in [6.07, 6.45) is 0.304. The third kappa shape index (κ3) is 7.95. The summed E-state index contributed by atoms with van der Waals surface area (Å²) in [6.45, 7) is 7.17. The Morgan fingerprint density at radius 2 is 1.79 bits per heavy atom. The molecule has 2 bridgehead atoms. The number of morpholine rings is 1. The molecule has 0 spiro atoms. The van der Waals surface area contributed by atoms with Crippen LogP contribution in [0.15, 0.2) is 36.7 Å². The lowest BCUT2D eigenvalue weighted by atomic mass is 10.0. The lowest BCUT2D eigenvalue weighted by Crippen LogP contribution is -2.59. The predicted octanol–water partition coefficient (Wildman–Crippen LogP) is -0.274. The van der Waals surface area contributed by atoms with Gasteiger partial charge in [0, 0.05) is 44.4 Å². The normalized spacial score (nSPS) is 23.0. The van der Waals surface area contributed by atoms with Crippen LogP contribution in [0.2, 0.25) is 0 Å². The van der Waals surface area contributed by atoms with Gasteiger partial charge in [-0.25, -0.2) is 9.50 Å². The van der Waals surface area contributed by atoms with Crippen molar-refractivity contribution >= 4 is 35.3 Å². The summed E-state index contributed by atoms with van der Waals surface area (Å²) in [6, 6.07) is 7.34. The molecule has 2 saturated heterocycles. The molecule has 0 radical (unpaired) electrons. The van der Waals surface area contributed by atoms with Crippen LogP contribution in [0.25, 0.3) is 5.78 Å². The number of carbonyl (C=O) groups is 5. The Labute approximate surface area is 278 Å². The third-order valence-electron chi connectivity index (χ3n) is 8.81. The van der Waals surface area contributed by atoms with Crippen LogP contribution in [0.1, 0.15) is 42.8 Å². The molecule has 3 aromatic rings. The number of likely N-dealkylation sites (N-methyl/N-ethyl adjacent to an activating group) is 1. The van der Waals surface area contributed by atoms with Gasteiger partial charge in [0.1, 0.15) is 18.4 Å². The van der Waals surface area contributed by atoms with Gasteiger partial charge >= 0.3 is 0 Å². The summed E-state index contributed by atoms with van der Waals surface area (Å²) in [7, 11) is 1.47. The van der Waals surface area contributed by atoms with E-state index in [1.807, 2.05) is 44.2 Å². The van der Waals surface area contributed by atoms with E-state index in [1.54, 1.807) is 23.3 Å². The maximum absolute atomic E-state index is 13.8. The van der Waals surface area contributed by atoms with Crippen LogP contribution in [-0.2, 0) is 41.6 Å². The highest BCUT2D eigenvalue weighted by atomic mass is 16.5. The highest BCUT2D eigenvalue weighted by molar-refractivity contribution is 5.93. The molecule has 2 fully saturated rings. The smallest absolute Gasteiger partial charge is 0.252 e. The minimum absolute atomic E-state index is 0.00284. The fourth-order valence-corrected chi connectivity index (χ4v) is 6.16. The minimum atomic E-state index is -1.11. The first kappa shape index (κ1) is 34.4. The second-order valence-electron chi connectivity index (χ2n) is 12.8. The van der Waals surface area contributed by atoms with Gasteiger partial charge in [0.15, 0.2) is 6.10 Å². The maximum atomic E-state index is 13.8. The van der Waals surface area contributed by atoms with Crippen molar-refractivity contribution in [2.75, 3.05) is 33.2 Å². The largest absolute Gasteiger partial charge is 0.360 e. The van der Waals surface area contributed by atoms with Crippen LogP contribution in [-0.4, -0.2) is 116 Å². The van der Waals surface area contributed by atoms with Crippen LogP contribution in [0.4, 0.5) is 0 Å². The highest BCUT2D eigenvalue weighted by Gasteiger charge is 2.38. The van der Waals surface area contributed by atoms with Crippen LogP contribution >= 0.6 is 0 Å². The predicted molar refractivity (Wildman–Crippen MR) is 173 cm³/mol. The molecule has 5 amide bonds. The van der Waals surface area contributed by atoms with Gasteiger partial charge in [-0.15, -0.1) is 0 Å². The zero-order valence-electron chi connectivity index (χ0n) is 27.9. The number of hydrogen-bond donors (Lipinski definition) is 3. The summed E-state index contributed by atoms with van der Waals surface area (Å²) in [5, 5.41) is 12.6. The number of rotatable bonds is 6. The van der Waals surface area contributed by atoms with E-state index in [0.717, 1.165) is 22.5 Å². The lowest BCUT2D eigenvalue weighted by molar-refractivity contribution is -0.157. The number of aromatic nitrogens is 4. The summed E-state index contributed by atoms with van der Waals surface area (Å²) in [4.78, 5) is 78.8. The van der Waals surface area contributed by atoms with Gasteiger partial charge in [-0.2, -0.15) is 10.1 Å². The Kier molecular flexibility index (Phi) is 10.7. The maximum Gasteiger partial charge on any atom is 0.252 e. The van der Waals surface area contributed by atoms with E-state index in [4.69, 9.17) is 4.74 Å². The second kappa shape index (κ2) is 14.9. The first-order valence-corrected chi connectivity index (χ1v) is 16.2. The van der Waals surface area contributed by atoms with Crippen LogP contribution in [0, 0.1) is 19.8 Å². The zero-order valence-corrected chi connectivity index (χ0v) is 27.9. The van der Waals surface area contributed by atoms with E-state index in [9.17, 15) is 24.0 Å². The van der Waals surface area contributed by atoms with Crippen LogP contribution in [0.5, 0.6) is 0 Å². The van der Waals surface area contributed by atoms with Gasteiger partial charge in [-0.05, 0) is 37.3 Å². The van der Waals surface area contributed by atoms with Crippen molar-refractivity contribution in [3.8, 4) is 0 Å². The monoisotopic (exact) mass is 661 g/mol. The number of fused-ring (bicyclic) bond motifs is 3. The molecular formula is C33H43N9O6. The van der Waals surface area contributed by atoms with Gasteiger partial charge in [-0.3, -0.25) is 24.0 Å². The molecule has 0 saturated carbocycles. The van der Waals surface area contributed by atoms with E-state index in [1.165, 1.54) is 18.3 Å². The SMILES string of the molecule is Cc1nc2ncnn2c(C)c1CCC(=O)N1C[C@@H]2CNC(=O)[C@H](C(C)C)NC(=O)CN(C)C(=O)[C@@H](Cc3ccccc3)NC(=O)[C@@H](C1)O2. The van der Waals surface area contributed by atoms with Crippen molar-refractivity contribution in [1.29, 1.82) is 0 Å². The summed E-state index contributed by atoms with van der Waals surface area (Å²) >= 11 is 0. The highest BCUT2D eigenvalue weighted by Crippen LogP contribution is 2.19. The first-order chi connectivity index (χ1) is 22.9. The molecule has 256 valence electrons. The van der Waals surface area contributed by atoms with Crippen molar-refractivity contribution in [3.05, 3.63) is 59.2 Å². The average Bonchev–Trinajstić information content (AvgIpc) is 3.53. The van der Waals surface area contributed by atoms with E-state index < -0.39 is 47.9 Å².